The van der Waals surface area contributed by atoms with Crippen LogP contribution in [0.2, 0.25) is 0 Å². The number of fused-ring (bicyclic) bond motifs is 1. The fraction of sp³-hybridized carbons (Fsp3) is 0.250. The lowest BCUT2D eigenvalue weighted by Crippen LogP contribution is -2.45. The zero-order valence-corrected chi connectivity index (χ0v) is 11.1. The molecule has 1 unspecified atom stereocenters. The highest BCUT2D eigenvalue weighted by molar-refractivity contribution is 5.99. The third-order valence-corrected chi connectivity index (χ3v) is 3.38. The van der Waals surface area contributed by atoms with Gasteiger partial charge >= 0.3 is 0 Å². The first-order valence-electron chi connectivity index (χ1n) is 6.35. The van der Waals surface area contributed by atoms with Crippen LogP contribution in [0.5, 0.6) is 0 Å². The number of non-ortho nitro benzene ring substituents is 1. The molecule has 0 aliphatic carbocycles. The second kappa shape index (κ2) is 4.98. The molecule has 2 heterocycles. The van der Waals surface area contributed by atoms with Crippen molar-refractivity contribution in [2.24, 2.45) is 0 Å². The number of carbonyl (C=O) groups excluding carboxylic acids is 2. The minimum Gasteiger partial charge on any atom is -0.295 e. The van der Waals surface area contributed by atoms with Crippen molar-refractivity contribution in [1.29, 1.82) is 0 Å². The highest BCUT2D eigenvalue weighted by Gasteiger charge is 2.30. The summed E-state index contributed by atoms with van der Waals surface area (Å²) in [7, 11) is 0. The van der Waals surface area contributed by atoms with Gasteiger partial charge in [0.25, 0.3) is 17.2 Å². The fourth-order valence-corrected chi connectivity index (χ4v) is 2.28. The number of piperidine rings is 1. The topological polar surface area (TPSA) is 137 Å². The molecule has 2 aromatic rings. The first kappa shape index (κ1) is 13.8. The molecule has 1 aliphatic heterocycles. The average molecular weight is 303 g/mol. The molecule has 10 heteroatoms. The molecule has 1 aromatic carbocycles. The van der Waals surface area contributed by atoms with Crippen molar-refractivity contribution >= 4 is 28.4 Å². The number of nitrogens with zero attached hydrogens (tertiary/aromatic N) is 4. The van der Waals surface area contributed by atoms with Crippen molar-refractivity contribution < 1.29 is 14.5 Å². The Morgan fingerprint density at radius 3 is 2.77 bits per heavy atom. The van der Waals surface area contributed by atoms with Gasteiger partial charge in [0.1, 0.15) is 11.6 Å². The molecular weight excluding hydrogens is 294 g/mol. The summed E-state index contributed by atoms with van der Waals surface area (Å²) in [5, 5.41) is 20.4. The Morgan fingerprint density at radius 1 is 1.32 bits per heavy atom. The number of benzene rings is 1. The summed E-state index contributed by atoms with van der Waals surface area (Å²) in [6.45, 7) is 0. The lowest BCUT2D eigenvalue weighted by atomic mass is 10.1. The molecule has 0 bridgehead atoms. The Labute approximate surface area is 121 Å². The van der Waals surface area contributed by atoms with E-state index in [1.165, 1.54) is 12.1 Å². The summed E-state index contributed by atoms with van der Waals surface area (Å²) in [5.74, 6) is -1.02. The number of imide groups is 1. The van der Waals surface area contributed by atoms with Gasteiger partial charge in [-0.3, -0.25) is 29.8 Å². The zero-order valence-electron chi connectivity index (χ0n) is 11.1. The van der Waals surface area contributed by atoms with Gasteiger partial charge in [0, 0.05) is 18.6 Å². The summed E-state index contributed by atoms with van der Waals surface area (Å²) in [6, 6.07) is 2.67. The largest absolute Gasteiger partial charge is 0.295 e. The van der Waals surface area contributed by atoms with E-state index < -0.39 is 28.3 Å². The molecule has 1 fully saturated rings. The summed E-state index contributed by atoms with van der Waals surface area (Å²) < 4.78 is 0.899. The summed E-state index contributed by atoms with van der Waals surface area (Å²) >= 11 is 0. The lowest BCUT2D eigenvalue weighted by molar-refractivity contribution is -0.384. The van der Waals surface area contributed by atoms with Crippen LogP contribution in [-0.4, -0.2) is 31.7 Å². The third kappa shape index (κ3) is 2.20. The number of nitro groups is 1. The number of nitrogens with one attached hydrogen (secondary N) is 1. The molecule has 112 valence electrons. The van der Waals surface area contributed by atoms with Crippen molar-refractivity contribution in [3.05, 3.63) is 38.7 Å². The Morgan fingerprint density at radius 2 is 2.09 bits per heavy atom. The third-order valence-electron chi connectivity index (χ3n) is 3.38. The molecule has 1 atom stereocenters. The summed E-state index contributed by atoms with van der Waals surface area (Å²) in [6.07, 6.45) is 0.251. The van der Waals surface area contributed by atoms with Gasteiger partial charge in [0.05, 0.1) is 10.3 Å². The van der Waals surface area contributed by atoms with E-state index in [9.17, 15) is 24.5 Å². The van der Waals surface area contributed by atoms with Gasteiger partial charge in [0.2, 0.25) is 5.91 Å². The molecule has 1 aromatic heterocycles. The number of hydrogen-bond donors (Lipinski definition) is 1. The number of aromatic nitrogens is 3. The van der Waals surface area contributed by atoms with E-state index in [0.29, 0.717) is 0 Å². The molecular formula is C12H9N5O5. The van der Waals surface area contributed by atoms with E-state index in [2.05, 4.69) is 15.6 Å². The van der Waals surface area contributed by atoms with Crippen molar-refractivity contribution in [1.82, 2.24) is 20.3 Å². The average Bonchev–Trinajstić information content (AvgIpc) is 2.48. The first-order valence-corrected chi connectivity index (χ1v) is 6.35. The van der Waals surface area contributed by atoms with E-state index in [4.69, 9.17) is 0 Å². The molecule has 3 rings (SSSR count). The zero-order chi connectivity index (χ0) is 15.9. The molecule has 22 heavy (non-hydrogen) atoms. The molecule has 1 aliphatic rings. The lowest BCUT2D eigenvalue weighted by Gasteiger charge is -2.21. The number of hydrogen-bond acceptors (Lipinski definition) is 7. The second-order valence-corrected chi connectivity index (χ2v) is 4.76. The van der Waals surface area contributed by atoms with Crippen LogP contribution in [-0.2, 0) is 9.59 Å². The van der Waals surface area contributed by atoms with Crippen LogP contribution in [0.1, 0.15) is 18.9 Å². The molecule has 0 radical (unpaired) electrons. The molecule has 1 saturated heterocycles. The van der Waals surface area contributed by atoms with Gasteiger partial charge in [-0.25, -0.2) is 0 Å². The van der Waals surface area contributed by atoms with Crippen LogP contribution in [0.3, 0.4) is 0 Å². The predicted molar refractivity (Wildman–Crippen MR) is 71.9 cm³/mol. The predicted octanol–water partition coefficient (Wildman–Crippen LogP) is -0.323. The smallest absolute Gasteiger partial charge is 0.278 e. The van der Waals surface area contributed by atoms with Crippen LogP contribution in [0.4, 0.5) is 5.69 Å². The quantitative estimate of drug-likeness (QED) is 0.455. The monoisotopic (exact) mass is 303 g/mol. The minimum atomic E-state index is -0.919. The van der Waals surface area contributed by atoms with Gasteiger partial charge < -0.3 is 0 Å². The normalized spacial score (nSPS) is 18.3. The maximum absolute atomic E-state index is 12.4. The Kier molecular flexibility index (Phi) is 3.13. The highest BCUT2D eigenvalue weighted by Crippen LogP contribution is 2.19. The Balaban J connectivity index is 2.09. The van der Waals surface area contributed by atoms with E-state index in [1.807, 2.05) is 0 Å². The maximum Gasteiger partial charge on any atom is 0.278 e. The van der Waals surface area contributed by atoms with Gasteiger partial charge in [0.15, 0.2) is 0 Å². The van der Waals surface area contributed by atoms with Crippen LogP contribution in [0.15, 0.2) is 23.0 Å². The van der Waals surface area contributed by atoms with E-state index in [-0.39, 0.29) is 29.4 Å². The summed E-state index contributed by atoms with van der Waals surface area (Å²) in [5.41, 5.74) is -0.725. The first-order chi connectivity index (χ1) is 10.5. The molecule has 0 saturated carbocycles. The van der Waals surface area contributed by atoms with Crippen LogP contribution < -0.4 is 10.9 Å². The van der Waals surface area contributed by atoms with Crippen molar-refractivity contribution in [3.63, 3.8) is 0 Å². The number of rotatable bonds is 2. The van der Waals surface area contributed by atoms with Gasteiger partial charge in [-0.2, -0.15) is 4.68 Å². The van der Waals surface area contributed by atoms with Crippen molar-refractivity contribution in [3.8, 4) is 0 Å². The standard InChI is InChI=1S/C12H9N5O5/c18-10-4-3-9(11(19)13-10)16-12(20)7-2-1-6(17(21)22)5-8(7)14-15-16/h1-2,5,9H,3-4H2,(H,13,18,19). The number of nitro benzene ring substituents is 1. The SMILES string of the molecule is O=C1CCC(n2nnc3cc([N+](=O)[O-])ccc3c2=O)C(=O)N1. The number of carbonyl (C=O) groups is 2. The number of amides is 2. The van der Waals surface area contributed by atoms with Crippen molar-refractivity contribution in [2.45, 2.75) is 18.9 Å². The van der Waals surface area contributed by atoms with E-state index >= 15 is 0 Å². The molecule has 1 N–H and O–H groups in total. The fourth-order valence-electron chi connectivity index (χ4n) is 2.28. The Bertz CT molecular complexity index is 874. The minimum absolute atomic E-state index is 0.0720. The van der Waals surface area contributed by atoms with Gasteiger partial charge in [-0.1, -0.05) is 5.21 Å². The van der Waals surface area contributed by atoms with Crippen LogP contribution in [0, 0.1) is 10.1 Å². The molecule has 2 amide bonds. The van der Waals surface area contributed by atoms with Crippen LogP contribution in [0.25, 0.3) is 10.9 Å². The van der Waals surface area contributed by atoms with E-state index in [0.717, 1.165) is 10.7 Å². The highest BCUT2D eigenvalue weighted by atomic mass is 16.6. The van der Waals surface area contributed by atoms with Gasteiger partial charge in [-0.15, -0.1) is 5.10 Å². The van der Waals surface area contributed by atoms with E-state index in [1.54, 1.807) is 0 Å². The Hall–Kier alpha value is -3.17. The van der Waals surface area contributed by atoms with Gasteiger partial charge in [-0.05, 0) is 12.5 Å². The molecule has 10 nitrogen and oxygen atoms in total. The summed E-state index contributed by atoms with van der Waals surface area (Å²) in [4.78, 5) is 45.4. The van der Waals surface area contributed by atoms with Crippen LogP contribution >= 0.6 is 0 Å². The molecule has 0 spiro atoms. The second-order valence-electron chi connectivity index (χ2n) is 4.76. The maximum atomic E-state index is 12.4. The van der Waals surface area contributed by atoms with Crippen molar-refractivity contribution in [2.75, 3.05) is 0 Å².